The lowest BCUT2D eigenvalue weighted by Crippen LogP contribution is -2.01. The Bertz CT molecular complexity index is 346. The van der Waals surface area contributed by atoms with Gasteiger partial charge in [-0.3, -0.25) is 0 Å². The normalized spacial score (nSPS) is 25.2. The highest BCUT2D eigenvalue weighted by Gasteiger charge is 2.27. The Hall–Kier alpha value is -0.410. The van der Waals surface area contributed by atoms with Crippen LogP contribution in [0.2, 0.25) is 0 Å². The number of rotatable bonds is 4. The first-order valence-corrected chi connectivity index (χ1v) is 7.22. The highest BCUT2D eigenvalue weighted by molar-refractivity contribution is 7.11. The van der Waals surface area contributed by atoms with Gasteiger partial charge in [-0.25, -0.2) is 4.98 Å². The highest BCUT2D eigenvalue weighted by atomic mass is 32.1. The number of aromatic nitrogens is 1. The molecule has 16 heavy (non-hydrogen) atoms. The van der Waals surface area contributed by atoms with Gasteiger partial charge in [-0.1, -0.05) is 13.3 Å². The van der Waals surface area contributed by atoms with Gasteiger partial charge < -0.3 is 5.73 Å². The molecule has 1 heterocycles. The smallest absolute Gasteiger partial charge is 0.0961 e. The maximum Gasteiger partial charge on any atom is 0.0961 e. The molecule has 0 spiro atoms. The van der Waals surface area contributed by atoms with Gasteiger partial charge in [0.15, 0.2) is 0 Å². The van der Waals surface area contributed by atoms with Gasteiger partial charge in [0.1, 0.15) is 0 Å². The Balaban J connectivity index is 2.07. The van der Waals surface area contributed by atoms with E-state index in [2.05, 4.69) is 13.8 Å². The second kappa shape index (κ2) is 5.28. The third-order valence-electron chi connectivity index (χ3n) is 3.75. The molecule has 90 valence electrons. The molecular weight excluding hydrogens is 216 g/mol. The standard InChI is InChI=1S/C13H22N2S/c1-3-10-4-5-11(8-10)13-15-9(2)12(16-13)6-7-14/h10-11H,3-8,14H2,1-2H3. The first-order chi connectivity index (χ1) is 7.74. The predicted molar refractivity (Wildman–Crippen MR) is 70.0 cm³/mol. The second-order valence-corrected chi connectivity index (χ2v) is 6.00. The molecule has 0 amide bonds. The highest BCUT2D eigenvalue weighted by Crippen LogP contribution is 2.41. The lowest BCUT2D eigenvalue weighted by atomic mass is 10.0. The van der Waals surface area contributed by atoms with Crippen LogP contribution in [0, 0.1) is 12.8 Å². The SMILES string of the molecule is CCC1CCC(c2nc(C)c(CCN)s2)C1. The third-order valence-corrected chi connectivity index (χ3v) is 5.13. The van der Waals surface area contributed by atoms with E-state index in [1.807, 2.05) is 11.3 Å². The fourth-order valence-electron chi connectivity index (χ4n) is 2.66. The molecule has 1 aliphatic carbocycles. The van der Waals surface area contributed by atoms with Crippen molar-refractivity contribution in [3.63, 3.8) is 0 Å². The summed E-state index contributed by atoms with van der Waals surface area (Å²) in [5, 5.41) is 1.37. The van der Waals surface area contributed by atoms with Gasteiger partial charge >= 0.3 is 0 Å². The summed E-state index contributed by atoms with van der Waals surface area (Å²) in [4.78, 5) is 6.14. The molecule has 1 aromatic rings. The van der Waals surface area contributed by atoms with E-state index in [4.69, 9.17) is 10.7 Å². The minimum Gasteiger partial charge on any atom is -0.330 e. The van der Waals surface area contributed by atoms with Gasteiger partial charge in [0.2, 0.25) is 0 Å². The zero-order valence-corrected chi connectivity index (χ0v) is 11.1. The number of hydrogen-bond donors (Lipinski definition) is 1. The first-order valence-electron chi connectivity index (χ1n) is 6.40. The molecule has 0 saturated heterocycles. The van der Waals surface area contributed by atoms with Crippen LogP contribution in [0.3, 0.4) is 0 Å². The van der Waals surface area contributed by atoms with Crippen molar-refractivity contribution in [1.29, 1.82) is 0 Å². The van der Waals surface area contributed by atoms with E-state index in [0.717, 1.165) is 24.8 Å². The summed E-state index contributed by atoms with van der Waals surface area (Å²) in [6.45, 7) is 5.17. The zero-order chi connectivity index (χ0) is 11.5. The molecule has 0 radical (unpaired) electrons. The maximum atomic E-state index is 5.61. The van der Waals surface area contributed by atoms with Crippen LogP contribution in [0.5, 0.6) is 0 Å². The van der Waals surface area contributed by atoms with Crippen LogP contribution in [-0.4, -0.2) is 11.5 Å². The number of nitrogens with zero attached hydrogens (tertiary/aromatic N) is 1. The Kier molecular flexibility index (Phi) is 3.98. The third kappa shape index (κ3) is 2.46. The molecule has 2 atom stereocenters. The first kappa shape index (κ1) is 12.1. The quantitative estimate of drug-likeness (QED) is 0.874. The number of hydrogen-bond acceptors (Lipinski definition) is 3. The predicted octanol–water partition coefficient (Wildman–Crippen LogP) is 3.25. The van der Waals surface area contributed by atoms with E-state index in [0.29, 0.717) is 0 Å². The van der Waals surface area contributed by atoms with Gasteiger partial charge in [-0.2, -0.15) is 0 Å². The minimum atomic E-state index is 0.736. The summed E-state index contributed by atoms with van der Waals surface area (Å²) in [6, 6.07) is 0. The van der Waals surface area contributed by atoms with Gasteiger partial charge in [0.25, 0.3) is 0 Å². The molecule has 2 rings (SSSR count). The van der Waals surface area contributed by atoms with Crippen molar-refractivity contribution >= 4 is 11.3 Å². The van der Waals surface area contributed by atoms with E-state index >= 15 is 0 Å². The van der Waals surface area contributed by atoms with Gasteiger partial charge in [-0.05, 0) is 45.1 Å². The van der Waals surface area contributed by atoms with Crippen molar-refractivity contribution in [3.05, 3.63) is 15.6 Å². The Morgan fingerprint density at radius 1 is 1.44 bits per heavy atom. The fourth-order valence-corrected chi connectivity index (χ4v) is 3.89. The van der Waals surface area contributed by atoms with E-state index in [1.54, 1.807) is 0 Å². The summed E-state index contributed by atoms with van der Waals surface area (Å²) in [6.07, 6.45) is 6.41. The number of aryl methyl sites for hydroxylation is 1. The summed E-state index contributed by atoms with van der Waals surface area (Å²) >= 11 is 1.90. The maximum absolute atomic E-state index is 5.61. The molecule has 2 unspecified atom stereocenters. The van der Waals surface area contributed by atoms with Gasteiger partial charge in [-0.15, -0.1) is 11.3 Å². The largest absolute Gasteiger partial charge is 0.330 e. The molecule has 2 N–H and O–H groups in total. The number of thiazole rings is 1. The van der Waals surface area contributed by atoms with Crippen LogP contribution < -0.4 is 5.73 Å². The lowest BCUT2D eigenvalue weighted by molar-refractivity contribution is 0.521. The molecule has 3 heteroatoms. The van der Waals surface area contributed by atoms with Crippen LogP contribution in [0.25, 0.3) is 0 Å². The molecule has 1 aromatic heterocycles. The van der Waals surface area contributed by atoms with Crippen LogP contribution in [0.4, 0.5) is 0 Å². The van der Waals surface area contributed by atoms with Crippen molar-refractivity contribution in [2.45, 2.75) is 51.9 Å². The van der Waals surface area contributed by atoms with Crippen molar-refractivity contribution < 1.29 is 0 Å². The molecule has 1 fully saturated rings. The van der Waals surface area contributed by atoms with Crippen molar-refractivity contribution in [3.8, 4) is 0 Å². The Morgan fingerprint density at radius 2 is 2.25 bits per heavy atom. The van der Waals surface area contributed by atoms with Crippen LogP contribution >= 0.6 is 11.3 Å². The summed E-state index contributed by atoms with van der Waals surface area (Å²) in [5.41, 5.74) is 6.83. The van der Waals surface area contributed by atoms with E-state index in [-0.39, 0.29) is 0 Å². The average molecular weight is 238 g/mol. The van der Waals surface area contributed by atoms with Gasteiger partial charge in [0, 0.05) is 10.8 Å². The molecule has 0 bridgehead atoms. The van der Waals surface area contributed by atoms with Crippen LogP contribution in [0.1, 0.15) is 54.1 Å². The average Bonchev–Trinajstić information content (AvgIpc) is 2.86. The Labute approximate surface area is 102 Å². The van der Waals surface area contributed by atoms with Crippen LogP contribution in [-0.2, 0) is 6.42 Å². The lowest BCUT2D eigenvalue weighted by Gasteiger charge is -2.06. The molecule has 2 nitrogen and oxygen atoms in total. The fraction of sp³-hybridized carbons (Fsp3) is 0.769. The number of nitrogens with two attached hydrogens (primary N) is 1. The summed E-state index contributed by atoms with van der Waals surface area (Å²) in [5.74, 6) is 1.67. The van der Waals surface area contributed by atoms with Crippen molar-refractivity contribution in [1.82, 2.24) is 4.98 Å². The molecule has 0 aromatic carbocycles. The Morgan fingerprint density at radius 3 is 2.88 bits per heavy atom. The molecule has 1 saturated carbocycles. The minimum absolute atomic E-state index is 0.736. The summed E-state index contributed by atoms with van der Waals surface area (Å²) in [7, 11) is 0. The van der Waals surface area contributed by atoms with Gasteiger partial charge in [0.05, 0.1) is 10.7 Å². The summed E-state index contributed by atoms with van der Waals surface area (Å²) < 4.78 is 0. The topological polar surface area (TPSA) is 38.9 Å². The van der Waals surface area contributed by atoms with Crippen LogP contribution in [0.15, 0.2) is 0 Å². The zero-order valence-electron chi connectivity index (χ0n) is 10.3. The van der Waals surface area contributed by atoms with Crippen molar-refractivity contribution in [2.24, 2.45) is 11.7 Å². The monoisotopic (exact) mass is 238 g/mol. The van der Waals surface area contributed by atoms with E-state index in [1.165, 1.54) is 41.3 Å². The van der Waals surface area contributed by atoms with Crippen molar-refractivity contribution in [2.75, 3.05) is 6.54 Å². The second-order valence-electron chi connectivity index (χ2n) is 4.88. The van der Waals surface area contributed by atoms with E-state index < -0.39 is 0 Å². The van der Waals surface area contributed by atoms with E-state index in [9.17, 15) is 0 Å². The molecule has 1 aliphatic rings. The molecule has 0 aliphatic heterocycles. The molecular formula is C13H22N2S.